The summed E-state index contributed by atoms with van der Waals surface area (Å²) in [6, 6.07) is 176. The van der Waals surface area contributed by atoms with Crippen molar-refractivity contribution in [2.24, 2.45) is 0 Å². The lowest BCUT2D eigenvalue weighted by Crippen LogP contribution is -2.14. The Labute approximate surface area is 791 Å². The van der Waals surface area contributed by atoms with E-state index in [1.807, 2.05) is 0 Å². The quantitative estimate of drug-likeness (QED) is 0.0919. The van der Waals surface area contributed by atoms with E-state index in [0.29, 0.717) is 0 Å². The van der Waals surface area contributed by atoms with Gasteiger partial charge in [0.05, 0.1) is 44.1 Å². The Morgan fingerprint density at radius 2 is 0.430 bits per heavy atom. The first-order chi connectivity index (χ1) is 66.3. The van der Waals surface area contributed by atoms with E-state index in [1.165, 1.54) is 221 Å². The average molecular weight is 1740 g/mol. The van der Waals surface area contributed by atoms with Crippen molar-refractivity contribution in [1.29, 1.82) is 0 Å². The molecule has 0 saturated carbocycles. The maximum absolute atomic E-state index is 2.37. The lowest BCUT2D eigenvalue weighted by molar-refractivity contribution is 0.584. The second-order valence-electron chi connectivity index (χ2n) is 37.0. The minimum absolute atomic E-state index is 0.144. The third-order valence-corrected chi connectivity index (χ3v) is 26.8. The molecule has 0 saturated heterocycles. The summed E-state index contributed by atoms with van der Waals surface area (Å²) in [6.45, 7) is 13.3. The fourth-order valence-corrected chi connectivity index (χ4v) is 19.9. The van der Waals surface area contributed by atoms with E-state index in [9.17, 15) is 0 Å². The lowest BCUT2D eigenvalue weighted by atomic mass is 9.82. The van der Waals surface area contributed by atoms with Crippen LogP contribution in [0.15, 0.2) is 485 Å². The minimum atomic E-state index is 0.144. The Balaban J connectivity index is 0.000000108. The first-order valence-electron chi connectivity index (χ1n) is 47.2. The largest absolute Gasteiger partial charge is 0.309 e. The van der Waals surface area contributed by atoms with Crippen LogP contribution in [0.2, 0.25) is 0 Å². The van der Waals surface area contributed by atoms with Crippen molar-refractivity contribution >= 4 is 87.2 Å². The molecule has 4 nitrogen and oxygen atoms in total. The second kappa shape index (κ2) is 37.8. The average Bonchev–Trinajstić information content (AvgIpc) is 1.61. The van der Waals surface area contributed by atoms with Gasteiger partial charge in [0, 0.05) is 65.8 Å². The SMILES string of the molecule is CC(C)(C)c1ccccc1Cc1ccc(-c2ccc3c(c2)c2ccccc2n3-c2ccccc2)cc1.Cc1ccc(Cc2ccc(-c3ccc4c(c3)c3ccccc3n4-c3ccccc3)cc2)cc1.Cc1cccc(Cc2ccc(-c3ccc4c(c3)c3ccccc3n4-c3ccccc3)cc2)c1.Cc1ccccc1Cc1ccc(-c2ccc3c(c2)c2ccccc2n3-c2ccccc2)cc1. The van der Waals surface area contributed by atoms with Crippen molar-refractivity contribution < 1.29 is 0 Å². The minimum Gasteiger partial charge on any atom is -0.309 e. The molecule has 0 atom stereocenters. The van der Waals surface area contributed by atoms with Crippen LogP contribution in [0, 0.1) is 20.8 Å². The first kappa shape index (κ1) is 85.4. The van der Waals surface area contributed by atoms with Crippen LogP contribution in [0.1, 0.15) is 87.5 Å². The van der Waals surface area contributed by atoms with E-state index in [2.05, 4.69) is 545 Å². The first-order valence-corrected chi connectivity index (χ1v) is 47.2. The van der Waals surface area contributed by atoms with E-state index in [-0.39, 0.29) is 5.41 Å². The highest BCUT2D eigenvalue weighted by Crippen LogP contribution is 2.42. The fourth-order valence-electron chi connectivity index (χ4n) is 19.9. The van der Waals surface area contributed by atoms with Gasteiger partial charge in [0.25, 0.3) is 0 Å². The number of hydrogen-bond acceptors (Lipinski definition) is 0. The number of nitrogens with zero attached hydrogens (tertiary/aromatic N) is 4. The topological polar surface area (TPSA) is 19.7 Å². The molecule has 0 aliphatic carbocycles. The van der Waals surface area contributed by atoms with Crippen LogP contribution in [0.4, 0.5) is 0 Å². The van der Waals surface area contributed by atoms with Crippen molar-refractivity contribution in [2.75, 3.05) is 0 Å². The summed E-state index contributed by atoms with van der Waals surface area (Å²) in [5.74, 6) is 0. The molecule has 0 bridgehead atoms. The number of aryl methyl sites for hydroxylation is 3. The van der Waals surface area contributed by atoms with Gasteiger partial charge in [-0.3, -0.25) is 0 Å². The van der Waals surface area contributed by atoms with Crippen LogP contribution < -0.4 is 0 Å². The maximum Gasteiger partial charge on any atom is 0.0541 e. The van der Waals surface area contributed by atoms with Crippen LogP contribution in [0.3, 0.4) is 0 Å². The number of aromatic nitrogens is 4. The zero-order valence-corrected chi connectivity index (χ0v) is 77.3. The summed E-state index contributed by atoms with van der Waals surface area (Å²) in [5, 5.41) is 10.3. The molecule has 0 N–H and O–H groups in total. The van der Waals surface area contributed by atoms with Crippen LogP contribution in [-0.4, -0.2) is 18.3 Å². The molecule has 135 heavy (non-hydrogen) atoms. The lowest BCUT2D eigenvalue weighted by Gasteiger charge is -2.23. The van der Waals surface area contributed by atoms with Crippen LogP contribution in [0.25, 0.3) is 154 Å². The summed E-state index contributed by atoms with van der Waals surface area (Å²) < 4.78 is 9.45. The normalized spacial score (nSPS) is 11.5. The molecule has 0 amide bonds. The maximum atomic E-state index is 2.37. The monoisotopic (exact) mass is 1730 g/mol. The predicted molar refractivity (Wildman–Crippen MR) is 575 cm³/mol. The molecule has 0 unspecified atom stereocenters. The smallest absolute Gasteiger partial charge is 0.0541 e. The molecule has 0 fully saturated rings. The summed E-state index contributed by atoms with van der Waals surface area (Å²) in [6.07, 6.45) is 3.85. The summed E-state index contributed by atoms with van der Waals surface area (Å²) >= 11 is 0. The van der Waals surface area contributed by atoms with Crippen LogP contribution >= 0.6 is 0 Å². The van der Waals surface area contributed by atoms with Gasteiger partial charge in [-0.2, -0.15) is 0 Å². The molecule has 650 valence electrons. The number of fused-ring (bicyclic) bond motifs is 12. The fraction of sp³-hybridized carbons (Fsp3) is 0.0840. The van der Waals surface area contributed by atoms with E-state index in [0.717, 1.165) is 25.7 Å². The second-order valence-corrected chi connectivity index (χ2v) is 37.0. The third-order valence-electron chi connectivity index (χ3n) is 26.8. The summed E-state index contributed by atoms with van der Waals surface area (Å²) in [5.41, 5.74) is 41.1. The van der Waals surface area contributed by atoms with Gasteiger partial charge in [-0.1, -0.05) is 396 Å². The number of rotatable bonds is 16. The standard InChI is InChI=1S/C35H31N.3C32H25N/c1-35(2,3)32-15-9-7-11-28(32)23-25-17-19-26(20-18-25)27-21-22-34-31(24-27)30-14-8-10-16-33(30)36(34)29-12-5-4-6-13-29;1-23-8-7-9-25(20-23)21-24-14-16-26(17-15-24)27-18-19-32-30(22-27)29-12-5-6-13-31(29)33(32)28-10-3-2-4-11-28;1-23-9-5-6-10-26(23)21-24-15-17-25(18-16-24)27-19-20-32-30(22-27)29-13-7-8-14-31(29)33(32)28-11-3-2-4-12-28;1-23-11-13-24(14-12-23)21-25-15-17-26(18-16-25)27-19-20-32-30(22-27)29-9-5-6-10-31(29)33(32)28-7-3-2-4-8-28/h4-22,24H,23H2,1-3H3;3*2-20,22H,21H2,1H3. The summed E-state index contributed by atoms with van der Waals surface area (Å²) in [4.78, 5) is 0. The summed E-state index contributed by atoms with van der Waals surface area (Å²) in [7, 11) is 0. The van der Waals surface area contributed by atoms with Gasteiger partial charge in [0.15, 0.2) is 0 Å². The van der Waals surface area contributed by atoms with Gasteiger partial charge in [0.1, 0.15) is 0 Å². The Morgan fingerprint density at radius 3 is 0.756 bits per heavy atom. The van der Waals surface area contributed by atoms with Crippen LogP contribution in [0.5, 0.6) is 0 Å². The highest BCUT2D eigenvalue weighted by Gasteiger charge is 2.22. The Bertz CT molecular complexity index is 8330. The molecule has 0 aliphatic rings. The predicted octanol–water partition coefficient (Wildman–Crippen LogP) is 34.4. The van der Waals surface area contributed by atoms with Gasteiger partial charge >= 0.3 is 0 Å². The van der Waals surface area contributed by atoms with Crippen molar-refractivity contribution in [3.63, 3.8) is 0 Å². The zero-order valence-electron chi connectivity index (χ0n) is 77.3. The third kappa shape index (κ3) is 18.0. The molecule has 0 radical (unpaired) electrons. The number of para-hydroxylation sites is 8. The van der Waals surface area contributed by atoms with Crippen molar-refractivity contribution in [1.82, 2.24) is 18.3 Å². The number of hydrogen-bond donors (Lipinski definition) is 0. The molecule has 24 rings (SSSR count). The van der Waals surface area contributed by atoms with E-state index < -0.39 is 0 Å². The van der Waals surface area contributed by atoms with E-state index in [1.54, 1.807) is 0 Å². The number of benzene rings is 20. The molecule has 24 aromatic rings. The molecular formula is C131H106N4. The molecule has 4 heteroatoms. The Hall–Kier alpha value is -16.4. The zero-order chi connectivity index (χ0) is 91.3. The molecule has 0 spiro atoms. The molecule has 4 aromatic heterocycles. The van der Waals surface area contributed by atoms with Gasteiger partial charge in [-0.05, 0) is 273 Å². The van der Waals surface area contributed by atoms with E-state index in [4.69, 9.17) is 0 Å². The molecule has 0 aliphatic heterocycles. The Kier molecular flexibility index (Phi) is 23.9. The Morgan fingerprint density at radius 1 is 0.170 bits per heavy atom. The van der Waals surface area contributed by atoms with Gasteiger partial charge < -0.3 is 18.3 Å². The van der Waals surface area contributed by atoms with Gasteiger partial charge in [-0.25, -0.2) is 0 Å². The molecular weight excluding hydrogens is 1630 g/mol. The van der Waals surface area contributed by atoms with Gasteiger partial charge in [0.2, 0.25) is 0 Å². The highest BCUT2D eigenvalue weighted by atomic mass is 15.0. The van der Waals surface area contributed by atoms with Crippen molar-refractivity contribution in [2.45, 2.75) is 72.6 Å². The van der Waals surface area contributed by atoms with Crippen molar-refractivity contribution in [3.8, 4) is 67.3 Å². The molecule has 4 heterocycles. The highest BCUT2D eigenvalue weighted by molar-refractivity contribution is 6.14. The van der Waals surface area contributed by atoms with Crippen LogP contribution in [-0.2, 0) is 31.1 Å². The van der Waals surface area contributed by atoms with Crippen molar-refractivity contribution in [3.05, 3.63) is 552 Å². The van der Waals surface area contributed by atoms with E-state index >= 15 is 0 Å². The van der Waals surface area contributed by atoms with Gasteiger partial charge in [-0.15, -0.1) is 0 Å². The molecule has 20 aromatic carbocycles.